The van der Waals surface area contributed by atoms with E-state index in [0.29, 0.717) is 35.2 Å². The van der Waals surface area contributed by atoms with E-state index in [1.165, 1.54) is 12.1 Å². The lowest BCUT2D eigenvalue weighted by Crippen LogP contribution is -2.39. The number of carbonyl (C=O) groups is 3. The number of carbonyl (C=O) groups excluding carboxylic acids is 3. The van der Waals surface area contributed by atoms with Crippen molar-refractivity contribution in [1.82, 2.24) is 41.4 Å². The van der Waals surface area contributed by atoms with Crippen LogP contribution in [-0.2, 0) is 16.0 Å². The summed E-state index contributed by atoms with van der Waals surface area (Å²) in [4.78, 5) is 57.6. The van der Waals surface area contributed by atoms with Crippen LogP contribution in [0.3, 0.4) is 0 Å². The zero-order valence-electron chi connectivity index (χ0n) is 27.0. The van der Waals surface area contributed by atoms with Crippen LogP contribution in [0.1, 0.15) is 32.1 Å². The zero-order chi connectivity index (χ0) is 35.3. The Labute approximate surface area is 286 Å². The van der Waals surface area contributed by atoms with E-state index in [1.54, 1.807) is 61.1 Å². The maximum Gasteiger partial charge on any atom is 0.272 e. The fraction of sp³-hybridized carbons (Fsp3) is 0.229. The second kappa shape index (κ2) is 17.4. The van der Waals surface area contributed by atoms with Crippen molar-refractivity contribution in [3.63, 3.8) is 0 Å². The maximum atomic E-state index is 14.5. The first-order valence-electron chi connectivity index (χ1n) is 15.8. The van der Waals surface area contributed by atoms with Gasteiger partial charge in [-0.25, -0.2) is 14.5 Å². The number of benzene rings is 2. The molecule has 5 aromatic rings. The van der Waals surface area contributed by atoms with Gasteiger partial charge in [0.25, 0.3) is 17.4 Å². The minimum absolute atomic E-state index is 0.0260. The normalized spacial score (nSPS) is 10.9. The molecule has 2 aromatic carbocycles. The molecular formula is C35H36FN9O5. The standard InChI is InChI=1S/C35H36FN9O5/c36-28-8-7-22(17-30-25-5-1-2-6-26(25)34(48)45-44-30)16-27(28)33(47)41-11-10-40-31(46)21-39-12-14-50-15-13-42-35(49)32-29(37)18-24(20-43-32)23-4-3-9-38-19-23/h1-9,16,18-20,39H,10-15,17,21,37H2,(H,40,46)(H,41,47)(H,42,49)(H,45,48). The SMILES string of the molecule is Nc1cc(-c2cccnc2)cnc1C(=O)NCCOCCNCC(=O)NCCNC(=O)c1cc(Cc2n[nH]c(=O)c3ccccc23)ccc1F. The number of hydrogen-bond donors (Lipinski definition) is 6. The molecule has 0 saturated carbocycles. The number of aromatic nitrogens is 4. The monoisotopic (exact) mass is 681 g/mol. The van der Waals surface area contributed by atoms with Gasteiger partial charge in [-0.15, -0.1) is 0 Å². The first-order valence-corrected chi connectivity index (χ1v) is 15.8. The number of amides is 3. The van der Waals surface area contributed by atoms with E-state index in [0.717, 1.165) is 11.1 Å². The number of aromatic amines is 1. The van der Waals surface area contributed by atoms with E-state index in [9.17, 15) is 23.6 Å². The van der Waals surface area contributed by atoms with Crippen molar-refractivity contribution in [3.8, 4) is 11.1 Å². The van der Waals surface area contributed by atoms with Gasteiger partial charge in [0, 0.05) is 67.7 Å². The molecule has 0 aliphatic heterocycles. The number of rotatable bonds is 16. The quantitative estimate of drug-likeness (QED) is 0.0829. The maximum absolute atomic E-state index is 14.5. The van der Waals surface area contributed by atoms with Crippen LogP contribution in [-0.4, -0.2) is 83.8 Å². The number of H-pyrrole nitrogens is 1. The summed E-state index contributed by atoms with van der Waals surface area (Å²) in [5, 5.41) is 18.7. The highest BCUT2D eigenvalue weighted by atomic mass is 19.1. The molecule has 0 aliphatic carbocycles. The minimum Gasteiger partial charge on any atom is -0.397 e. The smallest absolute Gasteiger partial charge is 0.272 e. The Bertz CT molecular complexity index is 2020. The van der Waals surface area contributed by atoms with Crippen molar-refractivity contribution < 1.29 is 23.5 Å². The number of halogens is 1. The number of anilines is 1. The number of nitrogens with two attached hydrogens (primary N) is 1. The molecule has 0 bridgehead atoms. The molecule has 50 heavy (non-hydrogen) atoms. The molecule has 258 valence electrons. The van der Waals surface area contributed by atoms with Gasteiger partial charge in [-0.2, -0.15) is 5.10 Å². The fourth-order valence-electron chi connectivity index (χ4n) is 5.02. The molecule has 5 rings (SSSR count). The van der Waals surface area contributed by atoms with Crippen LogP contribution in [0.5, 0.6) is 0 Å². The van der Waals surface area contributed by atoms with Gasteiger partial charge in [-0.05, 0) is 35.9 Å². The third kappa shape index (κ3) is 9.52. The number of nitrogens with one attached hydrogen (secondary N) is 5. The third-order valence-corrected chi connectivity index (χ3v) is 7.52. The third-order valence-electron chi connectivity index (χ3n) is 7.52. The van der Waals surface area contributed by atoms with Crippen LogP contribution in [0.2, 0.25) is 0 Å². The fourth-order valence-corrected chi connectivity index (χ4v) is 5.02. The lowest BCUT2D eigenvalue weighted by Gasteiger charge is -2.11. The second-order valence-corrected chi connectivity index (χ2v) is 11.1. The van der Waals surface area contributed by atoms with E-state index in [-0.39, 0.29) is 67.6 Å². The first kappa shape index (κ1) is 35.3. The number of nitrogen functional groups attached to an aromatic ring is 1. The predicted octanol–water partition coefficient (Wildman–Crippen LogP) is 1.57. The molecule has 7 N–H and O–H groups in total. The Morgan fingerprint density at radius 1 is 0.840 bits per heavy atom. The van der Waals surface area contributed by atoms with Gasteiger partial charge in [0.1, 0.15) is 5.82 Å². The number of hydrogen-bond acceptors (Lipinski definition) is 10. The number of ether oxygens (including phenoxy) is 1. The van der Waals surface area contributed by atoms with Crippen LogP contribution in [0.4, 0.5) is 10.1 Å². The zero-order valence-corrected chi connectivity index (χ0v) is 27.0. The molecular weight excluding hydrogens is 645 g/mol. The Morgan fingerprint density at radius 2 is 1.62 bits per heavy atom. The highest BCUT2D eigenvalue weighted by Crippen LogP contribution is 2.21. The molecule has 0 atom stereocenters. The van der Waals surface area contributed by atoms with E-state index in [1.807, 2.05) is 6.07 Å². The molecule has 15 heteroatoms. The molecule has 0 spiro atoms. The minimum atomic E-state index is -0.683. The summed E-state index contributed by atoms with van der Waals surface area (Å²) in [6.07, 6.45) is 5.19. The van der Waals surface area contributed by atoms with Crippen molar-refractivity contribution in [2.75, 3.05) is 51.7 Å². The summed E-state index contributed by atoms with van der Waals surface area (Å²) in [6.45, 7) is 1.44. The van der Waals surface area contributed by atoms with E-state index >= 15 is 0 Å². The van der Waals surface area contributed by atoms with Gasteiger partial charge in [0.15, 0.2) is 5.69 Å². The van der Waals surface area contributed by atoms with Gasteiger partial charge >= 0.3 is 0 Å². The van der Waals surface area contributed by atoms with Crippen molar-refractivity contribution in [2.24, 2.45) is 0 Å². The topological polar surface area (TPSA) is 206 Å². The van der Waals surface area contributed by atoms with Gasteiger partial charge < -0.3 is 31.7 Å². The molecule has 0 radical (unpaired) electrons. The number of nitrogens with zero attached hydrogens (tertiary/aromatic N) is 3. The van der Waals surface area contributed by atoms with Crippen LogP contribution in [0.25, 0.3) is 21.9 Å². The average molecular weight is 682 g/mol. The van der Waals surface area contributed by atoms with Crippen molar-refractivity contribution in [1.29, 1.82) is 0 Å². The predicted molar refractivity (Wildman–Crippen MR) is 185 cm³/mol. The van der Waals surface area contributed by atoms with Gasteiger partial charge in [-0.3, -0.25) is 24.2 Å². The molecule has 3 heterocycles. The van der Waals surface area contributed by atoms with E-state index in [2.05, 4.69) is 41.4 Å². The highest BCUT2D eigenvalue weighted by molar-refractivity contribution is 5.97. The van der Waals surface area contributed by atoms with Gasteiger partial charge in [0.2, 0.25) is 5.91 Å². The Balaban J connectivity index is 0.937. The van der Waals surface area contributed by atoms with Crippen LogP contribution in [0, 0.1) is 5.82 Å². The Hall–Kier alpha value is -6.06. The lowest BCUT2D eigenvalue weighted by molar-refractivity contribution is -0.120. The summed E-state index contributed by atoms with van der Waals surface area (Å²) >= 11 is 0. The summed E-state index contributed by atoms with van der Waals surface area (Å²) in [6, 6.07) is 16.6. The van der Waals surface area contributed by atoms with E-state index in [4.69, 9.17) is 10.5 Å². The van der Waals surface area contributed by atoms with Crippen LogP contribution < -0.4 is 32.6 Å². The van der Waals surface area contributed by atoms with Crippen LogP contribution in [0.15, 0.2) is 84.0 Å². The molecule has 0 fully saturated rings. The van der Waals surface area contributed by atoms with Gasteiger partial charge in [0.05, 0.1) is 42.1 Å². The lowest BCUT2D eigenvalue weighted by atomic mass is 10.0. The first-order chi connectivity index (χ1) is 24.3. The van der Waals surface area contributed by atoms with E-state index < -0.39 is 17.6 Å². The Morgan fingerprint density at radius 3 is 2.42 bits per heavy atom. The molecule has 0 saturated heterocycles. The molecule has 3 aromatic heterocycles. The summed E-state index contributed by atoms with van der Waals surface area (Å²) in [5.41, 5.74) is 8.79. The highest BCUT2D eigenvalue weighted by Gasteiger charge is 2.15. The number of pyridine rings is 2. The van der Waals surface area contributed by atoms with Gasteiger partial charge in [-0.1, -0.05) is 30.3 Å². The summed E-state index contributed by atoms with van der Waals surface area (Å²) < 4.78 is 20.0. The summed E-state index contributed by atoms with van der Waals surface area (Å²) in [5.74, 6) is -2.01. The Kier molecular flexibility index (Phi) is 12.2. The number of fused-ring (bicyclic) bond motifs is 1. The average Bonchev–Trinajstić information content (AvgIpc) is 3.13. The molecule has 3 amide bonds. The van der Waals surface area contributed by atoms with Crippen molar-refractivity contribution in [2.45, 2.75) is 6.42 Å². The second-order valence-electron chi connectivity index (χ2n) is 11.1. The van der Waals surface area contributed by atoms with Crippen molar-refractivity contribution >= 4 is 34.2 Å². The largest absolute Gasteiger partial charge is 0.397 e. The summed E-state index contributed by atoms with van der Waals surface area (Å²) in [7, 11) is 0. The van der Waals surface area contributed by atoms with Crippen molar-refractivity contribution in [3.05, 3.63) is 118 Å². The molecule has 14 nitrogen and oxygen atoms in total. The molecule has 0 aliphatic rings. The van der Waals surface area contributed by atoms with Crippen LogP contribution >= 0.6 is 0 Å². The molecule has 0 unspecified atom stereocenters.